The zero-order valence-electron chi connectivity index (χ0n) is 16.8. The monoisotopic (exact) mass is 460 g/mol. The van der Waals surface area contributed by atoms with Crippen LogP contribution in [0.4, 0.5) is 13.2 Å². The number of hydrogen-bond donors (Lipinski definition) is 1. The predicted molar refractivity (Wildman–Crippen MR) is 110 cm³/mol. The van der Waals surface area contributed by atoms with E-state index in [0.717, 1.165) is 6.08 Å². The highest BCUT2D eigenvalue weighted by atomic mass is 35.5. The summed E-state index contributed by atoms with van der Waals surface area (Å²) in [6.07, 6.45) is -2.88. The van der Waals surface area contributed by atoms with Crippen molar-refractivity contribution in [2.45, 2.75) is 51.5 Å². The van der Waals surface area contributed by atoms with Gasteiger partial charge in [-0.3, -0.25) is 0 Å². The minimum absolute atomic E-state index is 0.00159. The molecule has 30 heavy (non-hydrogen) atoms. The van der Waals surface area contributed by atoms with Crippen molar-refractivity contribution in [3.63, 3.8) is 0 Å². The Morgan fingerprint density at radius 3 is 2.37 bits per heavy atom. The van der Waals surface area contributed by atoms with Gasteiger partial charge in [0.05, 0.1) is 5.56 Å². The van der Waals surface area contributed by atoms with Crippen LogP contribution in [0.5, 0.6) is 0 Å². The topological polar surface area (TPSA) is 46.5 Å². The van der Waals surface area contributed by atoms with Gasteiger partial charge in [-0.2, -0.15) is 13.2 Å². The highest BCUT2D eigenvalue weighted by molar-refractivity contribution is 6.34. The van der Waals surface area contributed by atoms with Gasteiger partial charge in [0.2, 0.25) is 5.60 Å². The lowest BCUT2D eigenvalue weighted by Gasteiger charge is -2.33. The van der Waals surface area contributed by atoms with Gasteiger partial charge in [0.15, 0.2) is 0 Å². The maximum absolute atomic E-state index is 13.7. The Labute approximate surface area is 183 Å². The van der Waals surface area contributed by atoms with Gasteiger partial charge in [-0.15, -0.1) is 0 Å². The van der Waals surface area contributed by atoms with Gasteiger partial charge in [-0.25, -0.2) is 4.79 Å². The molecule has 0 amide bonds. The molecule has 162 valence electrons. The summed E-state index contributed by atoms with van der Waals surface area (Å²) in [4.78, 5) is 12.2. The van der Waals surface area contributed by atoms with E-state index in [-0.39, 0.29) is 27.6 Å². The zero-order valence-corrected chi connectivity index (χ0v) is 18.3. The number of ether oxygens (including phenoxy) is 1. The first kappa shape index (κ1) is 24.3. The zero-order chi connectivity index (χ0) is 22.9. The number of hydrogen-bond acceptors (Lipinski definition) is 3. The Morgan fingerprint density at radius 2 is 1.87 bits per heavy atom. The van der Waals surface area contributed by atoms with E-state index in [1.165, 1.54) is 24.3 Å². The van der Waals surface area contributed by atoms with E-state index in [9.17, 15) is 23.1 Å². The van der Waals surface area contributed by atoms with Crippen molar-refractivity contribution in [3.05, 3.63) is 57.1 Å². The molecule has 2 rings (SSSR count). The summed E-state index contributed by atoms with van der Waals surface area (Å²) in [6.45, 7) is 6.80. The highest BCUT2D eigenvalue weighted by Crippen LogP contribution is 2.42. The molecule has 2 atom stereocenters. The number of esters is 1. The van der Waals surface area contributed by atoms with E-state index in [1.54, 1.807) is 27.7 Å². The number of halogens is 5. The summed E-state index contributed by atoms with van der Waals surface area (Å²) in [5, 5.41) is 10.5. The van der Waals surface area contributed by atoms with E-state index < -0.39 is 29.3 Å². The SMILES string of the molecule is Cc1cc(C#C[C@@](O)(C2C=C(Cl)C=C(Cl)C2)C(F)(F)F)ccc1C(=O)OC(C)(C)C. The van der Waals surface area contributed by atoms with Crippen molar-refractivity contribution < 1.29 is 27.8 Å². The van der Waals surface area contributed by atoms with Gasteiger partial charge in [-0.1, -0.05) is 41.1 Å². The Hall–Kier alpha value is -1.94. The lowest BCUT2D eigenvalue weighted by atomic mass is 9.82. The van der Waals surface area contributed by atoms with Crippen LogP contribution in [-0.2, 0) is 4.74 Å². The Kier molecular flexibility index (Phi) is 7.03. The summed E-state index contributed by atoms with van der Waals surface area (Å²) in [5.74, 6) is 2.31. The summed E-state index contributed by atoms with van der Waals surface area (Å²) >= 11 is 11.7. The maximum Gasteiger partial charge on any atom is 0.429 e. The number of benzene rings is 1. The molecule has 0 saturated carbocycles. The van der Waals surface area contributed by atoms with E-state index in [4.69, 9.17) is 27.9 Å². The number of aliphatic hydroxyl groups is 1. The standard InChI is InChI=1S/C22H21Cl2F3O3/c1-13-9-14(5-6-18(13)19(28)30-20(2,3)4)7-8-21(29,22(25,26)27)15-10-16(23)12-17(24)11-15/h5-6,9-10,12,15,29H,11H2,1-4H3/t15?,21-/m1/s1. The molecule has 0 aliphatic heterocycles. The first-order valence-corrected chi connectivity index (χ1v) is 9.77. The fourth-order valence-corrected chi connectivity index (χ4v) is 3.45. The molecule has 0 fully saturated rings. The smallest absolute Gasteiger partial charge is 0.429 e. The predicted octanol–water partition coefficient (Wildman–Crippen LogP) is 5.86. The van der Waals surface area contributed by atoms with E-state index in [0.29, 0.717) is 5.56 Å². The number of carbonyl (C=O) groups excluding carboxylic acids is 1. The van der Waals surface area contributed by atoms with Crippen LogP contribution in [0.15, 0.2) is 40.4 Å². The summed E-state index contributed by atoms with van der Waals surface area (Å²) in [6, 6.07) is 4.28. The fourth-order valence-electron chi connectivity index (χ4n) is 2.83. The number of alkyl halides is 3. The van der Waals surface area contributed by atoms with E-state index >= 15 is 0 Å². The normalized spacial score (nSPS) is 19.1. The minimum atomic E-state index is -5.04. The minimum Gasteiger partial charge on any atom is -0.456 e. The van der Waals surface area contributed by atoms with Gasteiger partial charge in [0.1, 0.15) is 5.60 Å². The molecule has 0 radical (unpaired) electrons. The average Bonchev–Trinajstić information content (AvgIpc) is 2.56. The third-order valence-electron chi connectivity index (χ3n) is 4.28. The summed E-state index contributed by atoms with van der Waals surface area (Å²) in [5.41, 5.74) is -3.07. The molecular weight excluding hydrogens is 440 g/mol. The number of allylic oxidation sites excluding steroid dienone is 3. The second kappa shape index (κ2) is 8.66. The van der Waals surface area contributed by atoms with E-state index in [1.807, 2.05) is 5.92 Å². The molecule has 1 N–H and O–H groups in total. The molecule has 1 unspecified atom stereocenters. The lowest BCUT2D eigenvalue weighted by molar-refractivity contribution is -0.248. The van der Waals surface area contributed by atoms with Crippen molar-refractivity contribution in [1.82, 2.24) is 0 Å². The molecule has 3 nitrogen and oxygen atoms in total. The van der Waals surface area contributed by atoms with Crippen molar-refractivity contribution in [1.29, 1.82) is 0 Å². The quantitative estimate of drug-likeness (QED) is 0.443. The Bertz CT molecular complexity index is 963. The van der Waals surface area contributed by atoms with Crippen LogP contribution >= 0.6 is 23.2 Å². The van der Waals surface area contributed by atoms with Crippen LogP contribution in [0, 0.1) is 24.7 Å². The molecule has 1 aromatic carbocycles. The average molecular weight is 461 g/mol. The van der Waals surface area contributed by atoms with Crippen LogP contribution in [0.3, 0.4) is 0 Å². The van der Waals surface area contributed by atoms with Crippen LogP contribution in [0.2, 0.25) is 0 Å². The maximum atomic E-state index is 13.7. The van der Waals surface area contributed by atoms with Gasteiger partial charge in [-0.05, 0) is 64.0 Å². The molecular formula is C22H21Cl2F3O3. The van der Waals surface area contributed by atoms with Crippen LogP contribution in [0.25, 0.3) is 0 Å². The van der Waals surface area contributed by atoms with E-state index in [2.05, 4.69) is 5.92 Å². The van der Waals surface area contributed by atoms with Crippen molar-refractivity contribution in [3.8, 4) is 11.8 Å². The third-order valence-corrected chi connectivity index (χ3v) is 4.78. The third kappa shape index (κ3) is 5.81. The lowest BCUT2D eigenvalue weighted by Crippen LogP contribution is -2.50. The number of carbonyl (C=O) groups is 1. The summed E-state index contributed by atoms with van der Waals surface area (Å²) in [7, 11) is 0. The Balaban J connectivity index is 2.38. The first-order chi connectivity index (χ1) is 13.6. The van der Waals surface area contributed by atoms with Crippen LogP contribution < -0.4 is 0 Å². The second-order valence-corrected chi connectivity index (χ2v) is 8.92. The van der Waals surface area contributed by atoms with Gasteiger partial charge in [0, 0.05) is 21.5 Å². The molecule has 1 aromatic rings. The molecule has 0 spiro atoms. The molecule has 0 saturated heterocycles. The molecule has 1 aliphatic carbocycles. The molecule has 0 heterocycles. The number of aryl methyl sites for hydroxylation is 1. The first-order valence-electron chi connectivity index (χ1n) is 9.02. The fraction of sp³-hybridized carbons (Fsp3) is 0.409. The molecule has 8 heteroatoms. The largest absolute Gasteiger partial charge is 0.456 e. The summed E-state index contributed by atoms with van der Waals surface area (Å²) < 4.78 is 46.4. The van der Waals surface area contributed by atoms with Crippen LogP contribution in [0.1, 0.15) is 48.7 Å². The van der Waals surface area contributed by atoms with Crippen molar-refractivity contribution in [2.24, 2.45) is 5.92 Å². The number of rotatable bonds is 2. The molecule has 0 bridgehead atoms. The Morgan fingerprint density at radius 1 is 1.23 bits per heavy atom. The van der Waals surface area contributed by atoms with Crippen molar-refractivity contribution in [2.75, 3.05) is 0 Å². The molecule has 0 aromatic heterocycles. The van der Waals surface area contributed by atoms with Gasteiger partial charge < -0.3 is 9.84 Å². The van der Waals surface area contributed by atoms with Crippen molar-refractivity contribution >= 4 is 29.2 Å². The van der Waals surface area contributed by atoms with Crippen LogP contribution in [-0.4, -0.2) is 28.5 Å². The highest BCUT2D eigenvalue weighted by Gasteiger charge is 2.57. The molecule has 1 aliphatic rings. The second-order valence-electron chi connectivity index (χ2n) is 8.00. The van der Waals surface area contributed by atoms with Gasteiger partial charge >= 0.3 is 12.1 Å². The van der Waals surface area contributed by atoms with Gasteiger partial charge in [0.25, 0.3) is 0 Å².